The van der Waals surface area contributed by atoms with Gasteiger partial charge in [-0.25, -0.2) is 0 Å². The molecule has 0 aromatic heterocycles. The fourth-order valence-electron chi connectivity index (χ4n) is 2.89. The smallest absolute Gasteiger partial charge is 0.210 e. The lowest BCUT2D eigenvalue weighted by atomic mass is 9.92. The van der Waals surface area contributed by atoms with E-state index in [1.54, 1.807) is 11.0 Å². The highest BCUT2D eigenvalue weighted by molar-refractivity contribution is 9.10. The Labute approximate surface area is 148 Å². The Balaban J connectivity index is 2.05. The molecule has 0 fully saturated rings. The second kappa shape index (κ2) is 6.77. The molecular weight excluding hydrogens is 376 g/mol. The van der Waals surface area contributed by atoms with Gasteiger partial charge in [0.1, 0.15) is 0 Å². The number of carbonyl (C=O) groups is 1. The first-order chi connectivity index (χ1) is 11.1. The lowest BCUT2D eigenvalue weighted by Crippen LogP contribution is -2.30. The SMILES string of the molecule is Nc1ccc(Cl)cc1C1=CC(c2cccc(Br)c2)N(C=O)CC1. The van der Waals surface area contributed by atoms with E-state index in [0.29, 0.717) is 17.3 Å². The number of amides is 1. The predicted molar refractivity (Wildman–Crippen MR) is 98.1 cm³/mol. The average molecular weight is 392 g/mol. The number of benzene rings is 2. The van der Waals surface area contributed by atoms with Crippen LogP contribution in [0.3, 0.4) is 0 Å². The number of nitrogens with two attached hydrogens (primary N) is 1. The van der Waals surface area contributed by atoms with E-state index in [1.807, 2.05) is 36.4 Å². The monoisotopic (exact) mass is 390 g/mol. The molecular formula is C18H16BrClN2O. The van der Waals surface area contributed by atoms with Gasteiger partial charge in [-0.15, -0.1) is 0 Å². The van der Waals surface area contributed by atoms with Crippen LogP contribution in [0.1, 0.15) is 23.6 Å². The van der Waals surface area contributed by atoms with Crippen LogP contribution in [0.25, 0.3) is 5.57 Å². The highest BCUT2D eigenvalue weighted by Crippen LogP contribution is 2.36. The standard InChI is InChI=1S/C18H16BrClN2O/c19-14-3-1-2-13(8-14)18-9-12(6-7-22(18)11-23)16-10-15(20)4-5-17(16)21/h1-5,8-11,18H,6-7,21H2. The normalized spacial score (nSPS) is 17.7. The van der Waals surface area contributed by atoms with E-state index in [1.165, 1.54) is 0 Å². The summed E-state index contributed by atoms with van der Waals surface area (Å²) in [5.74, 6) is 0. The molecule has 3 nitrogen and oxygen atoms in total. The Morgan fingerprint density at radius 3 is 2.83 bits per heavy atom. The van der Waals surface area contributed by atoms with Crippen LogP contribution in [0.2, 0.25) is 5.02 Å². The third-order valence-corrected chi connectivity index (χ3v) is 4.77. The van der Waals surface area contributed by atoms with E-state index in [9.17, 15) is 4.79 Å². The van der Waals surface area contributed by atoms with Gasteiger partial charge in [-0.2, -0.15) is 0 Å². The number of rotatable bonds is 3. The summed E-state index contributed by atoms with van der Waals surface area (Å²) >= 11 is 9.60. The number of halogens is 2. The molecule has 0 saturated heterocycles. The van der Waals surface area contributed by atoms with Gasteiger partial charge in [-0.1, -0.05) is 45.7 Å². The van der Waals surface area contributed by atoms with Gasteiger partial charge >= 0.3 is 0 Å². The van der Waals surface area contributed by atoms with Crippen molar-refractivity contribution in [2.45, 2.75) is 12.5 Å². The Bertz CT molecular complexity index is 775. The summed E-state index contributed by atoms with van der Waals surface area (Å²) in [6, 6.07) is 13.4. The van der Waals surface area contributed by atoms with Crippen LogP contribution in [0, 0.1) is 0 Å². The molecule has 0 spiro atoms. The van der Waals surface area contributed by atoms with Crippen LogP contribution in [0.15, 0.2) is 53.0 Å². The molecule has 3 rings (SSSR count). The van der Waals surface area contributed by atoms with E-state index in [0.717, 1.165) is 34.0 Å². The summed E-state index contributed by atoms with van der Waals surface area (Å²) in [6.07, 6.45) is 3.76. The Morgan fingerprint density at radius 1 is 1.26 bits per heavy atom. The molecule has 1 aliphatic rings. The van der Waals surface area contributed by atoms with Gasteiger partial charge in [-0.05, 0) is 47.9 Å². The molecule has 1 heterocycles. The van der Waals surface area contributed by atoms with Crippen LogP contribution in [0.5, 0.6) is 0 Å². The van der Waals surface area contributed by atoms with Crippen LogP contribution in [-0.2, 0) is 4.79 Å². The summed E-state index contributed by atoms with van der Waals surface area (Å²) in [7, 11) is 0. The predicted octanol–water partition coefficient (Wildman–Crippen LogP) is 4.67. The Kier molecular flexibility index (Phi) is 4.74. The van der Waals surface area contributed by atoms with Crippen LogP contribution >= 0.6 is 27.5 Å². The number of anilines is 1. The van der Waals surface area contributed by atoms with E-state index < -0.39 is 0 Å². The quantitative estimate of drug-likeness (QED) is 0.610. The van der Waals surface area contributed by atoms with E-state index in [2.05, 4.69) is 22.0 Å². The van der Waals surface area contributed by atoms with Crippen LogP contribution in [-0.4, -0.2) is 17.9 Å². The number of carbonyl (C=O) groups excluding carboxylic acids is 1. The molecule has 0 aliphatic carbocycles. The Hall–Kier alpha value is -1.78. The summed E-state index contributed by atoms with van der Waals surface area (Å²) in [5, 5.41) is 0.659. The fourth-order valence-corrected chi connectivity index (χ4v) is 3.47. The first-order valence-electron chi connectivity index (χ1n) is 7.31. The Morgan fingerprint density at radius 2 is 2.09 bits per heavy atom. The lowest BCUT2D eigenvalue weighted by molar-refractivity contribution is -0.119. The van der Waals surface area contributed by atoms with Crippen molar-refractivity contribution in [2.75, 3.05) is 12.3 Å². The molecule has 1 aliphatic heterocycles. The molecule has 118 valence electrons. The molecule has 2 N–H and O–H groups in total. The molecule has 1 atom stereocenters. The van der Waals surface area contributed by atoms with Crippen molar-refractivity contribution in [3.63, 3.8) is 0 Å². The average Bonchev–Trinajstić information content (AvgIpc) is 2.56. The summed E-state index contributed by atoms with van der Waals surface area (Å²) < 4.78 is 0.989. The van der Waals surface area contributed by atoms with Gasteiger partial charge in [0.25, 0.3) is 0 Å². The molecule has 2 aromatic carbocycles. The van der Waals surface area contributed by atoms with Gasteiger partial charge in [0.15, 0.2) is 0 Å². The van der Waals surface area contributed by atoms with Crippen LogP contribution < -0.4 is 5.73 Å². The molecule has 1 amide bonds. The second-order valence-electron chi connectivity index (χ2n) is 5.52. The topological polar surface area (TPSA) is 46.3 Å². The number of hydrogen-bond donors (Lipinski definition) is 1. The zero-order valence-corrected chi connectivity index (χ0v) is 14.7. The molecule has 0 radical (unpaired) electrons. The first kappa shape index (κ1) is 16.1. The van der Waals surface area contributed by atoms with Crippen molar-refractivity contribution < 1.29 is 4.79 Å². The zero-order valence-electron chi connectivity index (χ0n) is 12.4. The van der Waals surface area contributed by atoms with Gasteiger partial charge in [0.05, 0.1) is 6.04 Å². The fraction of sp³-hybridized carbons (Fsp3) is 0.167. The van der Waals surface area contributed by atoms with Gasteiger partial charge in [-0.3, -0.25) is 4.79 Å². The highest BCUT2D eigenvalue weighted by Gasteiger charge is 2.24. The molecule has 5 heteroatoms. The molecule has 0 bridgehead atoms. The summed E-state index contributed by atoms with van der Waals surface area (Å²) in [6.45, 7) is 0.651. The van der Waals surface area contributed by atoms with Crippen LogP contribution in [0.4, 0.5) is 5.69 Å². The second-order valence-corrected chi connectivity index (χ2v) is 6.87. The molecule has 2 aromatic rings. The highest BCUT2D eigenvalue weighted by atomic mass is 79.9. The minimum Gasteiger partial charge on any atom is -0.398 e. The minimum absolute atomic E-state index is 0.105. The first-order valence-corrected chi connectivity index (χ1v) is 8.48. The molecule has 1 unspecified atom stereocenters. The number of nitrogen functional groups attached to an aromatic ring is 1. The maximum absolute atomic E-state index is 11.4. The minimum atomic E-state index is -0.105. The maximum atomic E-state index is 11.4. The van der Waals surface area contributed by atoms with Crippen molar-refractivity contribution in [2.24, 2.45) is 0 Å². The summed E-state index contributed by atoms with van der Waals surface area (Å²) in [5.41, 5.74) is 9.93. The van der Waals surface area contributed by atoms with Crippen molar-refractivity contribution in [1.82, 2.24) is 4.90 Å². The largest absolute Gasteiger partial charge is 0.398 e. The number of hydrogen-bond acceptors (Lipinski definition) is 2. The number of nitrogens with zero attached hydrogens (tertiary/aromatic N) is 1. The lowest BCUT2D eigenvalue weighted by Gasteiger charge is -2.32. The van der Waals surface area contributed by atoms with Crippen molar-refractivity contribution in [3.05, 3.63) is 69.2 Å². The molecule has 23 heavy (non-hydrogen) atoms. The van der Waals surface area contributed by atoms with Gasteiger partial charge in [0.2, 0.25) is 6.41 Å². The van der Waals surface area contributed by atoms with E-state index in [4.69, 9.17) is 17.3 Å². The molecule has 0 saturated carbocycles. The van der Waals surface area contributed by atoms with Gasteiger partial charge < -0.3 is 10.6 Å². The van der Waals surface area contributed by atoms with Crippen molar-refractivity contribution in [1.29, 1.82) is 0 Å². The summed E-state index contributed by atoms with van der Waals surface area (Å²) in [4.78, 5) is 13.2. The third kappa shape index (κ3) is 3.43. The van der Waals surface area contributed by atoms with E-state index in [-0.39, 0.29) is 6.04 Å². The third-order valence-electron chi connectivity index (χ3n) is 4.04. The van der Waals surface area contributed by atoms with Gasteiger partial charge in [0, 0.05) is 27.3 Å². The van der Waals surface area contributed by atoms with Crippen molar-refractivity contribution >= 4 is 45.2 Å². The zero-order chi connectivity index (χ0) is 16.4. The van der Waals surface area contributed by atoms with E-state index >= 15 is 0 Å². The van der Waals surface area contributed by atoms with Crippen molar-refractivity contribution in [3.8, 4) is 0 Å². The maximum Gasteiger partial charge on any atom is 0.210 e.